The summed E-state index contributed by atoms with van der Waals surface area (Å²) < 4.78 is 31.7. The lowest BCUT2D eigenvalue weighted by Crippen LogP contribution is -2.24. The number of methoxy groups -OCH3 is 1. The third-order valence-corrected chi connectivity index (χ3v) is 4.47. The van der Waals surface area contributed by atoms with Gasteiger partial charge in [0.15, 0.2) is 0 Å². The summed E-state index contributed by atoms with van der Waals surface area (Å²) in [6, 6.07) is 14.0. The van der Waals surface area contributed by atoms with Crippen LogP contribution < -0.4 is 9.46 Å². The molecule has 0 amide bonds. The molecule has 0 aliphatic rings. The summed E-state index contributed by atoms with van der Waals surface area (Å²) in [6.45, 7) is 0.250. The minimum atomic E-state index is -3.39. The van der Waals surface area contributed by atoms with Crippen molar-refractivity contribution in [3.63, 3.8) is 0 Å². The van der Waals surface area contributed by atoms with Crippen molar-refractivity contribution in [2.75, 3.05) is 7.11 Å². The van der Waals surface area contributed by atoms with E-state index in [1.54, 1.807) is 43.5 Å². The Morgan fingerprint density at radius 3 is 2.14 bits per heavy atom. The molecule has 6 heteroatoms. The molecule has 0 aliphatic carbocycles. The molecule has 2 rings (SSSR count). The van der Waals surface area contributed by atoms with Crippen molar-refractivity contribution in [1.29, 1.82) is 0 Å². The quantitative estimate of drug-likeness (QED) is 0.888. The van der Waals surface area contributed by atoms with E-state index in [1.165, 1.54) is 0 Å². The van der Waals surface area contributed by atoms with Gasteiger partial charge in [-0.05, 0) is 35.4 Å². The van der Waals surface area contributed by atoms with E-state index in [2.05, 4.69) is 4.72 Å². The van der Waals surface area contributed by atoms with Crippen LogP contribution in [0.4, 0.5) is 0 Å². The van der Waals surface area contributed by atoms with Crippen LogP contribution in [-0.2, 0) is 22.3 Å². The number of hydrogen-bond acceptors (Lipinski definition) is 3. The Morgan fingerprint density at radius 1 is 1.00 bits per heavy atom. The highest BCUT2D eigenvalue weighted by Gasteiger charge is 2.11. The zero-order valence-electron chi connectivity index (χ0n) is 11.5. The van der Waals surface area contributed by atoms with Gasteiger partial charge in [0.25, 0.3) is 0 Å². The predicted molar refractivity (Wildman–Crippen MR) is 83.9 cm³/mol. The first-order chi connectivity index (χ1) is 9.98. The van der Waals surface area contributed by atoms with Crippen LogP contribution in [0.2, 0.25) is 5.02 Å². The molecule has 0 unspecified atom stereocenters. The second-order valence-electron chi connectivity index (χ2n) is 4.55. The van der Waals surface area contributed by atoms with E-state index in [9.17, 15) is 8.42 Å². The van der Waals surface area contributed by atoms with Crippen LogP contribution in [-0.4, -0.2) is 15.5 Å². The molecule has 0 saturated heterocycles. The van der Waals surface area contributed by atoms with E-state index in [-0.39, 0.29) is 12.3 Å². The van der Waals surface area contributed by atoms with Gasteiger partial charge in [-0.2, -0.15) is 0 Å². The summed E-state index contributed by atoms with van der Waals surface area (Å²) in [5, 5.41) is 0.585. The molecule has 0 saturated carbocycles. The van der Waals surface area contributed by atoms with Gasteiger partial charge in [0.05, 0.1) is 12.9 Å². The van der Waals surface area contributed by atoms with Gasteiger partial charge in [0.2, 0.25) is 10.0 Å². The molecular formula is C15H16ClNO3S. The molecule has 0 spiro atoms. The Bertz CT molecular complexity index is 682. The maximum Gasteiger partial charge on any atom is 0.216 e. The number of benzene rings is 2. The first kappa shape index (κ1) is 15.8. The highest BCUT2D eigenvalue weighted by molar-refractivity contribution is 7.88. The molecule has 0 atom stereocenters. The van der Waals surface area contributed by atoms with Crippen LogP contribution >= 0.6 is 11.6 Å². The van der Waals surface area contributed by atoms with Gasteiger partial charge in [-0.25, -0.2) is 13.1 Å². The van der Waals surface area contributed by atoms with Gasteiger partial charge in [-0.15, -0.1) is 0 Å². The molecule has 2 aromatic carbocycles. The second kappa shape index (κ2) is 6.93. The predicted octanol–water partition coefficient (Wildman–Crippen LogP) is 2.97. The molecule has 21 heavy (non-hydrogen) atoms. The highest BCUT2D eigenvalue weighted by atomic mass is 35.5. The highest BCUT2D eigenvalue weighted by Crippen LogP contribution is 2.13. The molecule has 1 N–H and O–H groups in total. The summed E-state index contributed by atoms with van der Waals surface area (Å²) in [5.41, 5.74) is 1.57. The minimum Gasteiger partial charge on any atom is -0.497 e. The number of rotatable bonds is 6. The fourth-order valence-corrected chi connectivity index (χ4v) is 3.03. The van der Waals surface area contributed by atoms with E-state index >= 15 is 0 Å². The molecular weight excluding hydrogens is 310 g/mol. The van der Waals surface area contributed by atoms with Gasteiger partial charge in [0, 0.05) is 11.6 Å². The lowest BCUT2D eigenvalue weighted by atomic mass is 10.2. The zero-order valence-corrected chi connectivity index (χ0v) is 13.1. The summed E-state index contributed by atoms with van der Waals surface area (Å²) in [5.74, 6) is 0.670. The second-order valence-corrected chi connectivity index (χ2v) is 6.80. The van der Waals surface area contributed by atoms with Crippen molar-refractivity contribution >= 4 is 21.6 Å². The first-order valence-electron chi connectivity index (χ1n) is 6.33. The number of sulfonamides is 1. The molecule has 0 aliphatic heterocycles. The van der Waals surface area contributed by atoms with Crippen molar-refractivity contribution in [3.05, 3.63) is 64.7 Å². The van der Waals surface area contributed by atoms with Crippen LogP contribution in [0.5, 0.6) is 5.75 Å². The van der Waals surface area contributed by atoms with Crippen LogP contribution in [0.3, 0.4) is 0 Å². The third kappa shape index (κ3) is 5.04. The largest absolute Gasteiger partial charge is 0.497 e. The standard InChI is InChI=1S/C15H16ClNO3S/c1-20-15-8-4-12(5-9-15)10-17-21(18,19)11-13-2-6-14(16)7-3-13/h2-9,17H,10-11H2,1H3. The van der Waals surface area contributed by atoms with Crippen LogP contribution in [0.1, 0.15) is 11.1 Å². The van der Waals surface area contributed by atoms with E-state index in [0.29, 0.717) is 10.6 Å². The van der Waals surface area contributed by atoms with Gasteiger partial charge >= 0.3 is 0 Å². The Morgan fingerprint density at radius 2 is 1.57 bits per heavy atom. The fraction of sp³-hybridized carbons (Fsp3) is 0.200. The maximum absolute atomic E-state index is 12.0. The Hall–Kier alpha value is -1.56. The lowest BCUT2D eigenvalue weighted by molar-refractivity contribution is 0.414. The summed E-state index contributed by atoms with van der Waals surface area (Å²) >= 11 is 5.77. The Labute approximate surface area is 129 Å². The number of ether oxygens (including phenoxy) is 1. The molecule has 0 radical (unpaired) electrons. The Kier molecular flexibility index (Phi) is 5.22. The van der Waals surface area contributed by atoms with E-state index in [1.807, 2.05) is 12.1 Å². The van der Waals surface area contributed by atoms with Gasteiger partial charge in [0.1, 0.15) is 5.75 Å². The maximum atomic E-state index is 12.0. The summed E-state index contributed by atoms with van der Waals surface area (Å²) in [7, 11) is -1.80. The van der Waals surface area contributed by atoms with Crippen molar-refractivity contribution in [2.45, 2.75) is 12.3 Å². The van der Waals surface area contributed by atoms with Crippen molar-refractivity contribution in [1.82, 2.24) is 4.72 Å². The monoisotopic (exact) mass is 325 g/mol. The first-order valence-corrected chi connectivity index (χ1v) is 8.36. The van der Waals surface area contributed by atoms with E-state index in [0.717, 1.165) is 11.3 Å². The summed E-state index contributed by atoms with van der Waals surface area (Å²) in [4.78, 5) is 0. The molecule has 112 valence electrons. The van der Waals surface area contributed by atoms with Gasteiger partial charge in [-0.1, -0.05) is 35.9 Å². The Balaban J connectivity index is 1.95. The molecule has 0 fully saturated rings. The normalized spacial score (nSPS) is 11.3. The van der Waals surface area contributed by atoms with Crippen molar-refractivity contribution in [2.24, 2.45) is 0 Å². The molecule has 4 nitrogen and oxygen atoms in total. The molecule has 0 aromatic heterocycles. The molecule has 0 bridgehead atoms. The average Bonchev–Trinajstić information content (AvgIpc) is 2.48. The SMILES string of the molecule is COc1ccc(CNS(=O)(=O)Cc2ccc(Cl)cc2)cc1. The van der Waals surface area contributed by atoms with Gasteiger partial charge < -0.3 is 4.74 Å². The van der Waals surface area contributed by atoms with Crippen LogP contribution in [0.25, 0.3) is 0 Å². The minimum absolute atomic E-state index is 0.0691. The average molecular weight is 326 g/mol. The third-order valence-electron chi connectivity index (χ3n) is 2.93. The molecule has 0 heterocycles. The van der Waals surface area contributed by atoms with Crippen LogP contribution in [0.15, 0.2) is 48.5 Å². The number of nitrogens with one attached hydrogen (secondary N) is 1. The topological polar surface area (TPSA) is 55.4 Å². The van der Waals surface area contributed by atoms with Gasteiger partial charge in [-0.3, -0.25) is 0 Å². The fourth-order valence-electron chi connectivity index (χ4n) is 1.79. The lowest BCUT2D eigenvalue weighted by Gasteiger charge is -2.08. The van der Waals surface area contributed by atoms with Crippen LogP contribution in [0, 0.1) is 0 Å². The van der Waals surface area contributed by atoms with E-state index in [4.69, 9.17) is 16.3 Å². The van der Waals surface area contributed by atoms with Crippen molar-refractivity contribution in [3.8, 4) is 5.75 Å². The summed E-state index contributed by atoms with van der Waals surface area (Å²) in [6.07, 6.45) is 0. The number of hydrogen-bond donors (Lipinski definition) is 1. The zero-order chi connectivity index (χ0) is 15.3. The number of halogens is 1. The van der Waals surface area contributed by atoms with E-state index < -0.39 is 10.0 Å². The molecule has 2 aromatic rings. The smallest absolute Gasteiger partial charge is 0.216 e. The van der Waals surface area contributed by atoms with Crippen molar-refractivity contribution < 1.29 is 13.2 Å².